The van der Waals surface area contributed by atoms with Gasteiger partial charge in [0.15, 0.2) is 0 Å². The first kappa shape index (κ1) is 26.7. The van der Waals surface area contributed by atoms with Crippen molar-refractivity contribution in [1.29, 1.82) is 0 Å². The highest BCUT2D eigenvalue weighted by Gasteiger charge is 2.31. The van der Waals surface area contributed by atoms with E-state index in [1.807, 2.05) is 51.1 Å². The van der Waals surface area contributed by atoms with Gasteiger partial charge in [-0.3, -0.25) is 13.9 Å². The molecule has 1 saturated carbocycles. The van der Waals surface area contributed by atoms with Crippen LogP contribution < -0.4 is 9.62 Å². The second-order valence-corrected chi connectivity index (χ2v) is 11.7. The van der Waals surface area contributed by atoms with Gasteiger partial charge in [0.05, 0.1) is 11.9 Å². The van der Waals surface area contributed by atoms with E-state index in [1.165, 1.54) is 4.90 Å². The predicted octanol–water partition coefficient (Wildman–Crippen LogP) is 3.85. The van der Waals surface area contributed by atoms with Crippen molar-refractivity contribution in [3.8, 4) is 0 Å². The normalized spacial score (nSPS) is 15.0. The van der Waals surface area contributed by atoms with Crippen molar-refractivity contribution in [3.63, 3.8) is 0 Å². The number of nitrogens with zero attached hydrogens (tertiary/aromatic N) is 2. The van der Waals surface area contributed by atoms with Crippen molar-refractivity contribution in [1.82, 2.24) is 10.2 Å². The minimum Gasteiger partial charge on any atom is -0.352 e. The molecule has 8 heteroatoms. The quantitative estimate of drug-likeness (QED) is 0.568. The number of hydrogen-bond donors (Lipinski definition) is 1. The fraction of sp³-hybridized carbons (Fsp3) is 0.481. The minimum atomic E-state index is -3.74. The highest BCUT2D eigenvalue weighted by molar-refractivity contribution is 7.92. The van der Waals surface area contributed by atoms with Crippen LogP contribution in [0.1, 0.15) is 54.9 Å². The molecule has 1 aliphatic rings. The second-order valence-electron chi connectivity index (χ2n) is 9.79. The summed E-state index contributed by atoms with van der Waals surface area (Å²) in [5, 5.41) is 3.08. The van der Waals surface area contributed by atoms with Gasteiger partial charge < -0.3 is 10.2 Å². The van der Waals surface area contributed by atoms with E-state index in [2.05, 4.69) is 5.32 Å². The van der Waals surface area contributed by atoms with E-state index in [1.54, 1.807) is 19.1 Å². The Morgan fingerprint density at radius 2 is 1.63 bits per heavy atom. The van der Waals surface area contributed by atoms with Crippen LogP contribution in [0.2, 0.25) is 0 Å². The molecule has 0 heterocycles. The number of nitrogens with one attached hydrogen (secondary N) is 1. The van der Waals surface area contributed by atoms with Crippen molar-refractivity contribution >= 4 is 27.5 Å². The van der Waals surface area contributed by atoms with E-state index in [0.717, 1.165) is 58.5 Å². The first-order chi connectivity index (χ1) is 16.4. The fourth-order valence-electron chi connectivity index (χ4n) is 4.69. The Hall–Kier alpha value is -2.87. The number of amides is 2. The first-order valence-corrected chi connectivity index (χ1v) is 14.0. The van der Waals surface area contributed by atoms with Crippen molar-refractivity contribution in [2.45, 2.75) is 72.0 Å². The summed E-state index contributed by atoms with van der Waals surface area (Å²) in [6.45, 7) is 7.28. The molecule has 1 fully saturated rings. The molecule has 3 rings (SSSR count). The molecule has 2 aromatic rings. The van der Waals surface area contributed by atoms with E-state index in [-0.39, 0.29) is 25.0 Å². The van der Waals surface area contributed by atoms with Crippen LogP contribution in [-0.2, 0) is 26.2 Å². The predicted molar refractivity (Wildman–Crippen MR) is 140 cm³/mol. The second kappa shape index (κ2) is 11.2. The van der Waals surface area contributed by atoms with Gasteiger partial charge in [-0.25, -0.2) is 8.42 Å². The Kier molecular flexibility index (Phi) is 8.59. The zero-order chi connectivity index (χ0) is 25.8. The van der Waals surface area contributed by atoms with Crippen LogP contribution in [0.15, 0.2) is 42.5 Å². The summed E-state index contributed by atoms with van der Waals surface area (Å²) in [6.07, 6.45) is 5.16. The summed E-state index contributed by atoms with van der Waals surface area (Å²) < 4.78 is 26.6. The van der Waals surface area contributed by atoms with Crippen molar-refractivity contribution in [2.75, 3.05) is 17.1 Å². The molecule has 0 radical (unpaired) electrons. The molecular formula is C27H37N3O4S. The Labute approximate surface area is 209 Å². The van der Waals surface area contributed by atoms with Gasteiger partial charge in [-0.05, 0) is 69.4 Å². The Morgan fingerprint density at radius 1 is 1.00 bits per heavy atom. The highest BCUT2D eigenvalue weighted by atomic mass is 32.2. The zero-order valence-corrected chi connectivity index (χ0v) is 22.2. The zero-order valence-electron chi connectivity index (χ0n) is 21.4. The third-order valence-electron chi connectivity index (χ3n) is 6.48. The molecule has 1 atom stereocenters. The van der Waals surface area contributed by atoms with Crippen molar-refractivity contribution in [3.05, 3.63) is 64.7 Å². The number of anilines is 1. The van der Waals surface area contributed by atoms with E-state index in [0.29, 0.717) is 5.69 Å². The lowest BCUT2D eigenvalue weighted by atomic mass is 10.1. The summed E-state index contributed by atoms with van der Waals surface area (Å²) in [4.78, 5) is 28.2. The van der Waals surface area contributed by atoms with Crippen LogP contribution in [0.5, 0.6) is 0 Å². The van der Waals surface area contributed by atoms with E-state index >= 15 is 0 Å². The van der Waals surface area contributed by atoms with Gasteiger partial charge in [0.2, 0.25) is 21.8 Å². The van der Waals surface area contributed by atoms with Crippen LogP contribution in [-0.4, -0.2) is 50.0 Å². The third kappa shape index (κ3) is 7.31. The molecule has 190 valence electrons. The topological polar surface area (TPSA) is 86.8 Å². The minimum absolute atomic E-state index is 0.128. The molecule has 1 aliphatic carbocycles. The average molecular weight is 500 g/mol. The van der Waals surface area contributed by atoms with Crippen LogP contribution >= 0.6 is 0 Å². The lowest BCUT2D eigenvalue weighted by molar-refractivity contribution is -0.139. The van der Waals surface area contributed by atoms with Gasteiger partial charge >= 0.3 is 0 Å². The fourth-order valence-corrected chi connectivity index (χ4v) is 5.52. The average Bonchev–Trinajstić information content (AvgIpc) is 3.26. The number of benzene rings is 2. The third-order valence-corrected chi connectivity index (χ3v) is 7.62. The molecule has 1 N–H and O–H groups in total. The number of carbonyl (C=O) groups is 2. The summed E-state index contributed by atoms with van der Waals surface area (Å²) in [7, 11) is -3.74. The van der Waals surface area contributed by atoms with Crippen LogP contribution in [0.4, 0.5) is 5.69 Å². The Balaban J connectivity index is 1.90. The molecule has 35 heavy (non-hydrogen) atoms. The standard InChI is InChI=1S/C27H37N3O4S/c1-19-9-8-10-23(14-19)17-29(22(4)27(32)28-24-11-6-7-12-24)26(31)18-30(35(5,33)34)25-15-20(2)13-21(3)16-25/h8-10,13-16,22,24H,6-7,11-12,17-18H2,1-5H3,(H,28,32)/t22-/m1/s1. The van der Waals surface area contributed by atoms with Gasteiger partial charge in [-0.15, -0.1) is 0 Å². The van der Waals surface area contributed by atoms with E-state index in [9.17, 15) is 18.0 Å². The maximum Gasteiger partial charge on any atom is 0.244 e. The molecule has 0 spiro atoms. The smallest absolute Gasteiger partial charge is 0.244 e. The van der Waals surface area contributed by atoms with E-state index < -0.39 is 22.0 Å². The van der Waals surface area contributed by atoms with Crippen molar-refractivity contribution in [2.24, 2.45) is 0 Å². The van der Waals surface area contributed by atoms with Gasteiger partial charge in [-0.2, -0.15) is 0 Å². The summed E-state index contributed by atoms with van der Waals surface area (Å²) >= 11 is 0. The molecule has 0 saturated heterocycles. The highest BCUT2D eigenvalue weighted by Crippen LogP contribution is 2.23. The number of sulfonamides is 1. The van der Waals surface area contributed by atoms with E-state index in [4.69, 9.17) is 0 Å². The van der Waals surface area contributed by atoms with Crippen molar-refractivity contribution < 1.29 is 18.0 Å². The first-order valence-electron chi connectivity index (χ1n) is 12.2. The number of aryl methyl sites for hydroxylation is 3. The Morgan fingerprint density at radius 3 is 2.20 bits per heavy atom. The molecule has 7 nitrogen and oxygen atoms in total. The SMILES string of the molecule is Cc1cccc(CN(C(=O)CN(c2cc(C)cc(C)c2)S(C)(=O)=O)[C@H](C)C(=O)NC2CCCC2)c1. The summed E-state index contributed by atoms with van der Waals surface area (Å²) in [5.41, 5.74) is 4.18. The van der Waals surface area contributed by atoms with Gasteiger partial charge in [-0.1, -0.05) is 48.7 Å². The van der Waals surface area contributed by atoms with Gasteiger partial charge in [0.1, 0.15) is 12.6 Å². The molecule has 0 aliphatic heterocycles. The number of rotatable bonds is 9. The lowest BCUT2D eigenvalue weighted by Gasteiger charge is -2.32. The maximum absolute atomic E-state index is 13.7. The van der Waals surface area contributed by atoms with Crippen LogP contribution in [0.3, 0.4) is 0 Å². The number of hydrogen-bond acceptors (Lipinski definition) is 4. The maximum atomic E-state index is 13.7. The lowest BCUT2D eigenvalue weighted by Crippen LogP contribution is -2.52. The monoisotopic (exact) mass is 499 g/mol. The number of carbonyl (C=O) groups excluding carboxylic acids is 2. The van der Waals surface area contributed by atoms with Gasteiger partial charge in [0.25, 0.3) is 0 Å². The molecule has 0 unspecified atom stereocenters. The summed E-state index contributed by atoms with van der Waals surface area (Å²) in [6, 6.07) is 12.6. The van der Waals surface area contributed by atoms with Crippen LogP contribution in [0.25, 0.3) is 0 Å². The van der Waals surface area contributed by atoms with Gasteiger partial charge in [0, 0.05) is 12.6 Å². The van der Waals surface area contributed by atoms with Crippen LogP contribution in [0, 0.1) is 20.8 Å². The largest absolute Gasteiger partial charge is 0.352 e. The molecule has 2 amide bonds. The molecular weight excluding hydrogens is 462 g/mol. The molecule has 2 aromatic carbocycles. The summed E-state index contributed by atoms with van der Waals surface area (Å²) in [5.74, 6) is -0.639. The molecule has 0 aromatic heterocycles. The Bertz CT molecular complexity index is 1150. The molecule has 0 bridgehead atoms.